The van der Waals surface area contributed by atoms with E-state index in [4.69, 9.17) is 0 Å². The first-order chi connectivity index (χ1) is 12.5. The Labute approximate surface area is 150 Å². The minimum Gasteiger partial charge on any atom is -0.292 e. The van der Waals surface area contributed by atoms with Crippen LogP contribution in [0.1, 0.15) is 32.9 Å². The van der Waals surface area contributed by atoms with Gasteiger partial charge in [-0.05, 0) is 48.6 Å². The van der Waals surface area contributed by atoms with E-state index >= 15 is 0 Å². The maximum Gasteiger partial charge on any atom is 0.312 e. The highest BCUT2D eigenvalue weighted by Gasteiger charge is 2.24. The molecule has 0 unspecified atom stereocenters. The van der Waals surface area contributed by atoms with Crippen LogP contribution >= 0.6 is 0 Å². The van der Waals surface area contributed by atoms with Gasteiger partial charge in [-0.1, -0.05) is 36.4 Å². The van der Waals surface area contributed by atoms with Crippen LogP contribution in [0.5, 0.6) is 0 Å². The molecular weight excluding hydrogens is 330 g/mol. The van der Waals surface area contributed by atoms with Gasteiger partial charge in [0.1, 0.15) is 17.9 Å². The summed E-state index contributed by atoms with van der Waals surface area (Å²) in [6.07, 6.45) is 0.817. The van der Waals surface area contributed by atoms with E-state index in [-0.39, 0.29) is 18.0 Å². The molecule has 0 amide bonds. The molecular formula is C20H17N3O3. The Balaban J connectivity index is 1.62. The molecule has 6 heteroatoms. The highest BCUT2D eigenvalue weighted by atomic mass is 16.6. The highest BCUT2D eigenvalue weighted by molar-refractivity contribution is 5.97. The summed E-state index contributed by atoms with van der Waals surface area (Å²) in [6, 6.07) is 14.0. The summed E-state index contributed by atoms with van der Waals surface area (Å²) in [7, 11) is 0. The molecule has 1 aliphatic carbocycles. The lowest BCUT2D eigenvalue weighted by Crippen LogP contribution is -2.13. The van der Waals surface area contributed by atoms with E-state index in [1.807, 2.05) is 30.3 Å². The van der Waals surface area contributed by atoms with Gasteiger partial charge in [-0.25, -0.2) is 0 Å². The molecule has 0 atom stereocenters. The van der Waals surface area contributed by atoms with E-state index in [0.717, 1.165) is 12.0 Å². The Morgan fingerprint density at radius 2 is 1.88 bits per heavy atom. The molecule has 1 aromatic heterocycles. The quantitative estimate of drug-likeness (QED) is 0.319. The number of hydrogen-bond acceptors (Lipinski definition) is 4. The van der Waals surface area contributed by atoms with Crippen LogP contribution in [0, 0.1) is 24.0 Å². The lowest BCUT2D eigenvalue weighted by Gasteiger charge is -2.06. The molecule has 0 saturated heterocycles. The standard InChI is InChI=1S/C20H17N3O3/c1-12-20(23(25)26)13(2)22(21-12)11-19(24)15-7-8-18-16(10-15)9-14-5-3-4-6-17(14)18/h3-8,10H,9,11H2,1-2H3. The third kappa shape index (κ3) is 2.50. The van der Waals surface area contributed by atoms with E-state index in [0.29, 0.717) is 17.0 Å². The lowest BCUT2D eigenvalue weighted by atomic mass is 10.0. The zero-order chi connectivity index (χ0) is 18.4. The smallest absolute Gasteiger partial charge is 0.292 e. The number of benzene rings is 2. The van der Waals surface area contributed by atoms with Crippen LogP contribution in [0.3, 0.4) is 0 Å². The number of nitrogens with zero attached hydrogens (tertiary/aromatic N) is 3. The van der Waals surface area contributed by atoms with E-state index in [1.165, 1.54) is 21.4 Å². The average Bonchev–Trinajstić information content (AvgIpc) is 3.11. The van der Waals surface area contributed by atoms with Gasteiger partial charge in [-0.2, -0.15) is 5.10 Å². The Morgan fingerprint density at radius 1 is 1.15 bits per heavy atom. The van der Waals surface area contributed by atoms with Crippen molar-refractivity contribution >= 4 is 11.5 Å². The van der Waals surface area contributed by atoms with Crippen molar-refractivity contribution in [2.24, 2.45) is 0 Å². The van der Waals surface area contributed by atoms with E-state index in [1.54, 1.807) is 13.8 Å². The molecule has 0 radical (unpaired) electrons. The molecule has 0 fully saturated rings. The zero-order valence-electron chi connectivity index (χ0n) is 14.5. The molecule has 0 spiro atoms. The Kier molecular flexibility index (Phi) is 3.68. The summed E-state index contributed by atoms with van der Waals surface area (Å²) >= 11 is 0. The number of aryl methyl sites for hydroxylation is 1. The fourth-order valence-corrected chi connectivity index (χ4v) is 3.65. The third-order valence-corrected chi connectivity index (χ3v) is 4.93. The number of Topliss-reactive ketones (excluding diaryl/α,β-unsaturated/α-hetero) is 1. The van der Waals surface area contributed by atoms with E-state index < -0.39 is 4.92 Å². The first-order valence-electron chi connectivity index (χ1n) is 8.38. The largest absolute Gasteiger partial charge is 0.312 e. The maximum atomic E-state index is 12.7. The summed E-state index contributed by atoms with van der Waals surface area (Å²) < 4.78 is 1.41. The van der Waals surface area contributed by atoms with Crippen LogP contribution in [-0.2, 0) is 13.0 Å². The molecule has 130 valence electrons. The van der Waals surface area contributed by atoms with Crippen LogP contribution in [0.25, 0.3) is 11.1 Å². The Bertz CT molecular complexity index is 1070. The van der Waals surface area contributed by atoms with Crippen molar-refractivity contribution in [2.45, 2.75) is 26.8 Å². The van der Waals surface area contributed by atoms with Crippen LogP contribution in [0.15, 0.2) is 42.5 Å². The van der Waals surface area contributed by atoms with Gasteiger partial charge in [-0.3, -0.25) is 19.6 Å². The molecule has 2 aromatic carbocycles. The van der Waals surface area contributed by atoms with Crippen molar-refractivity contribution in [3.8, 4) is 11.1 Å². The fraction of sp³-hybridized carbons (Fsp3) is 0.200. The number of carbonyl (C=O) groups excluding carboxylic acids is 1. The maximum absolute atomic E-state index is 12.7. The number of aromatic nitrogens is 2. The van der Waals surface area contributed by atoms with Crippen molar-refractivity contribution in [1.29, 1.82) is 0 Å². The zero-order valence-corrected chi connectivity index (χ0v) is 14.5. The number of hydrogen-bond donors (Lipinski definition) is 0. The molecule has 0 N–H and O–H groups in total. The monoisotopic (exact) mass is 347 g/mol. The summed E-state index contributed by atoms with van der Waals surface area (Å²) in [5.41, 5.74) is 6.08. The van der Waals surface area contributed by atoms with E-state index in [2.05, 4.69) is 17.2 Å². The molecule has 26 heavy (non-hydrogen) atoms. The molecule has 0 bridgehead atoms. The summed E-state index contributed by atoms with van der Waals surface area (Å²) in [4.78, 5) is 23.4. The van der Waals surface area contributed by atoms with Crippen molar-refractivity contribution in [3.63, 3.8) is 0 Å². The second-order valence-corrected chi connectivity index (χ2v) is 6.56. The van der Waals surface area contributed by atoms with Crippen molar-refractivity contribution < 1.29 is 9.72 Å². The first kappa shape index (κ1) is 16.2. The predicted molar refractivity (Wildman–Crippen MR) is 97.4 cm³/mol. The third-order valence-electron chi connectivity index (χ3n) is 4.93. The SMILES string of the molecule is Cc1nn(CC(=O)c2ccc3c(c2)Cc2ccccc2-3)c(C)c1[N+](=O)[O-]. The van der Waals surface area contributed by atoms with Gasteiger partial charge in [0.15, 0.2) is 5.78 Å². The van der Waals surface area contributed by atoms with Crippen LogP contribution in [0.2, 0.25) is 0 Å². The average molecular weight is 347 g/mol. The summed E-state index contributed by atoms with van der Waals surface area (Å²) in [5.74, 6) is -0.107. The van der Waals surface area contributed by atoms with Gasteiger partial charge < -0.3 is 0 Å². The minimum absolute atomic E-state index is 0.00769. The number of fused-ring (bicyclic) bond motifs is 3. The van der Waals surface area contributed by atoms with Gasteiger partial charge in [0.2, 0.25) is 0 Å². The van der Waals surface area contributed by atoms with Crippen molar-refractivity contribution in [3.05, 3.63) is 80.7 Å². The van der Waals surface area contributed by atoms with Gasteiger partial charge in [0.05, 0.1) is 4.92 Å². The number of nitro groups is 1. The summed E-state index contributed by atoms with van der Waals surface area (Å²) in [5, 5.41) is 15.3. The van der Waals surface area contributed by atoms with Crippen molar-refractivity contribution in [2.75, 3.05) is 0 Å². The second-order valence-electron chi connectivity index (χ2n) is 6.56. The normalized spacial score (nSPS) is 11.9. The topological polar surface area (TPSA) is 78.0 Å². The predicted octanol–water partition coefficient (Wildman–Crippen LogP) is 3.86. The molecule has 3 aromatic rings. The lowest BCUT2D eigenvalue weighted by molar-refractivity contribution is -0.386. The van der Waals surface area contributed by atoms with Crippen molar-refractivity contribution in [1.82, 2.24) is 9.78 Å². The summed E-state index contributed by atoms with van der Waals surface area (Å²) in [6.45, 7) is 3.19. The number of ketones is 1. The van der Waals surface area contributed by atoms with Crippen LogP contribution < -0.4 is 0 Å². The Morgan fingerprint density at radius 3 is 2.62 bits per heavy atom. The van der Waals surface area contributed by atoms with Crippen LogP contribution in [-0.4, -0.2) is 20.5 Å². The van der Waals surface area contributed by atoms with Crippen LogP contribution in [0.4, 0.5) is 5.69 Å². The minimum atomic E-state index is -0.453. The molecule has 0 aliphatic heterocycles. The Hall–Kier alpha value is -3.28. The fourth-order valence-electron chi connectivity index (χ4n) is 3.65. The van der Waals surface area contributed by atoms with E-state index in [9.17, 15) is 14.9 Å². The molecule has 4 rings (SSSR count). The highest BCUT2D eigenvalue weighted by Crippen LogP contribution is 2.36. The first-order valence-corrected chi connectivity index (χ1v) is 8.38. The van der Waals surface area contributed by atoms with Gasteiger partial charge >= 0.3 is 5.69 Å². The van der Waals surface area contributed by atoms with Gasteiger partial charge in [-0.15, -0.1) is 0 Å². The molecule has 1 aliphatic rings. The molecule has 6 nitrogen and oxygen atoms in total. The molecule has 1 heterocycles. The number of rotatable bonds is 4. The molecule has 0 saturated carbocycles. The van der Waals surface area contributed by atoms with Gasteiger partial charge in [0.25, 0.3) is 0 Å². The second kappa shape index (κ2) is 5.91. The number of carbonyl (C=O) groups is 1. The van der Waals surface area contributed by atoms with Gasteiger partial charge in [0, 0.05) is 5.56 Å².